The van der Waals surface area contributed by atoms with Crippen molar-refractivity contribution in [1.29, 1.82) is 0 Å². The minimum absolute atomic E-state index is 0.0989. The van der Waals surface area contributed by atoms with Crippen LogP contribution in [0.15, 0.2) is 71.6 Å². The van der Waals surface area contributed by atoms with E-state index in [1.165, 1.54) is 36.4 Å². The van der Waals surface area contributed by atoms with Gasteiger partial charge in [-0.2, -0.15) is 0 Å². The Bertz CT molecular complexity index is 1140. The summed E-state index contributed by atoms with van der Waals surface area (Å²) in [7, 11) is -3.99. The Morgan fingerprint density at radius 1 is 0.867 bits per heavy atom. The monoisotopic (exact) mass is 426 g/mol. The number of amides is 1. The van der Waals surface area contributed by atoms with Gasteiger partial charge in [-0.25, -0.2) is 12.8 Å². The van der Waals surface area contributed by atoms with E-state index in [0.717, 1.165) is 21.0 Å². The molecule has 3 aromatic carbocycles. The molecule has 0 aliphatic heterocycles. The van der Waals surface area contributed by atoms with Crippen molar-refractivity contribution in [2.45, 2.75) is 25.7 Å². The molecule has 0 aliphatic carbocycles. The van der Waals surface area contributed by atoms with Crippen LogP contribution < -0.4 is 9.62 Å². The van der Waals surface area contributed by atoms with Crippen molar-refractivity contribution in [1.82, 2.24) is 0 Å². The minimum atomic E-state index is -3.99. The van der Waals surface area contributed by atoms with Crippen LogP contribution in [0, 0.1) is 26.6 Å². The third-order valence-corrected chi connectivity index (χ3v) is 6.31. The minimum Gasteiger partial charge on any atom is -0.325 e. The number of hydrogen-bond acceptors (Lipinski definition) is 3. The summed E-state index contributed by atoms with van der Waals surface area (Å²) in [5.74, 6) is -0.955. The molecular weight excluding hydrogens is 403 g/mol. The number of benzene rings is 3. The number of anilines is 2. The number of carbonyl (C=O) groups is 1. The zero-order valence-corrected chi connectivity index (χ0v) is 17.8. The Kier molecular flexibility index (Phi) is 6.22. The van der Waals surface area contributed by atoms with E-state index in [4.69, 9.17) is 0 Å². The van der Waals surface area contributed by atoms with E-state index < -0.39 is 28.3 Å². The fraction of sp³-hybridized carbons (Fsp3) is 0.174. The van der Waals surface area contributed by atoms with Crippen LogP contribution in [0.25, 0.3) is 0 Å². The molecular formula is C23H23FN2O3S. The molecule has 0 radical (unpaired) electrons. The summed E-state index contributed by atoms with van der Waals surface area (Å²) in [6, 6.07) is 17.1. The van der Waals surface area contributed by atoms with Crippen LogP contribution in [0.4, 0.5) is 15.8 Å². The highest BCUT2D eigenvalue weighted by Crippen LogP contribution is 2.26. The lowest BCUT2D eigenvalue weighted by Gasteiger charge is -2.25. The van der Waals surface area contributed by atoms with Crippen LogP contribution in [0.1, 0.15) is 16.7 Å². The molecule has 0 aromatic heterocycles. The molecule has 30 heavy (non-hydrogen) atoms. The van der Waals surface area contributed by atoms with Gasteiger partial charge in [0.05, 0.1) is 10.6 Å². The zero-order chi connectivity index (χ0) is 21.9. The van der Waals surface area contributed by atoms with E-state index >= 15 is 0 Å². The summed E-state index contributed by atoms with van der Waals surface area (Å²) in [6.45, 7) is 5.18. The molecule has 0 heterocycles. The second-order valence-electron chi connectivity index (χ2n) is 7.23. The summed E-state index contributed by atoms with van der Waals surface area (Å²) in [5, 5.41) is 2.62. The molecule has 0 saturated heterocycles. The maximum absolute atomic E-state index is 13.4. The molecule has 3 rings (SSSR count). The van der Waals surface area contributed by atoms with Crippen LogP contribution in [-0.4, -0.2) is 20.9 Å². The number of aryl methyl sites for hydroxylation is 3. The van der Waals surface area contributed by atoms with Gasteiger partial charge < -0.3 is 5.32 Å². The van der Waals surface area contributed by atoms with Crippen LogP contribution in [0.5, 0.6) is 0 Å². The molecule has 0 aliphatic rings. The third kappa shape index (κ3) is 5.04. The largest absolute Gasteiger partial charge is 0.325 e. The van der Waals surface area contributed by atoms with E-state index in [-0.39, 0.29) is 4.90 Å². The first-order valence-corrected chi connectivity index (χ1v) is 10.8. The molecule has 7 heteroatoms. The van der Waals surface area contributed by atoms with Crippen LogP contribution in [0.2, 0.25) is 0 Å². The molecule has 5 nitrogen and oxygen atoms in total. The first-order chi connectivity index (χ1) is 14.1. The van der Waals surface area contributed by atoms with Gasteiger partial charge in [-0.05, 0) is 80.4 Å². The number of sulfonamides is 1. The predicted octanol–water partition coefficient (Wildman–Crippen LogP) is 4.58. The standard InChI is InChI=1S/C23H23FN2O3S/c1-16-4-10-22(11-5-16)30(28,29)26(21-13-17(2)12-18(3)14-21)15-23(27)25-20-8-6-19(24)7-9-20/h4-14H,15H2,1-3H3,(H,25,27). The van der Waals surface area contributed by atoms with Gasteiger partial charge in [0.2, 0.25) is 5.91 Å². The van der Waals surface area contributed by atoms with E-state index in [0.29, 0.717) is 11.4 Å². The van der Waals surface area contributed by atoms with Crippen molar-refractivity contribution in [2.75, 3.05) is 16.2 Å². The molecule has 0 atom stereocenters. The highest BCUT2D eigenvalue weighted by atomic mass is 32.2. The lowest BCUT2D eigenvalue weighted by molar-refractivity contribution is -0.114. The fourth-order valence-corrected chi connectivity index (χ4v) is 4.52. The Hall–Kier alpha value is -3.19. The number of carbonyl (C=O) groups excluding carboxylic acids is 1. The topological polar surface area (TPSA) is 66.5 Å². The maximum Gasteiger partial charge on any atom is 0.264 e. The van der Waals surface area contributed by atoms with Crippen LogP contribution >= 0.6 is 0 Å². The van der Waals surface area contributed by atoms with E-state index in [1.807, 2.05) is 26.8 Å². The normalized spacial score (nSPS) is 11.2. The third-order valence-electron chi connectivity index (χ3n) is 4.52. The average molecular weight is 427 g/mol. The van der Waals surface area contributed by atoms with E-state index in [1.54, 1.807) is 24.3 Å². The van der Waals surface area contributed by atoms with Gasteiger partial charge in [-0.1, -0.05) is 23.8 Å². The average Bonchev–Trinajstić information content (AvgIpc) is 2.67. The van der Waals surface area contributed by atoms with Crippen molar-refractivity contribution in [3.05, 3.63) is 89.2 Å². The Labute approximate surface area is 176 Å². The zero-order valence-electron chi connectivity index (χ0n) is 17.0. The van der Waals surface area contributed by atoms with Gasteiger partial charge in [-0.15, -0.1) is 0 Å². The molecule has 0 bridgehead atoms. The number of halogens is 1. The molecule has 0 saturated carbocycles. The van der Waals surface area contributed by atoms with Crippen molar-refractivity contribution in [3.63, 3.8) is 0 Å². The first-order valence-electron chi connectivity index (χ1n) is 9.38. The Morgan fingerprint density at radius 3 is 2.00 bits per heavy atom. The van der Waals surface area contributed by atoms with E-state index in [2.05, 4.69) is 5.32 Å². The number of nitrogens with zero attached hydrogens (tertiary/aromatic N) is 1. The van der Waals surface area contributed by atoms with Gasteiger partial charge in [-0.3, -0.25) is 9.10 Å². The first kappa shape index (κ1) is 21.5. The van der Waals surface area contributed by atoms with Crippen LogP contribution in [-0.2, 0) is 14.8 Å². The van der Waals surface area contributed by atoms with Crippen molar-refractivity contribution >= 4 is 27.3 Å². The maximum atomic E-state index is 13.4. The SMILES string of the molecule is Cc1ccc(S(=O)(=O)N(CC(=O)Nc2ccc(F)cc2)c2cc(C)cc(C)c2)cc1. The molecule has 0 fully saturated rings. The van der Waals surface area contributed by atoms with Crippen molar-refractivity contribution in [2.24, 2.45) is 0 Å². The number of nitrogens with one attached hydrogen (secondary N) is 1. The summed E-state index contributed by atoms with van der Waals surface area (Å²) in [5.41, 5.74) is 3.49. The second kappa shape index (κ2) is 8.67. The predicted molar refractivity (Wildman–Crippen MR) is 117 cm³/mol. The van der Waals surface area contributed by atoms with Gasteiger partial charge in [0.25, 0.3) is 10.0 Å². The van der Waals surface area contributed by atoms with Crippen LogP contribution in [0.3, 0.4) is 0 Å². The highest BCUT2D eigenvalue weighted by molar-refractivity contribution is 7.92. The molecule has 0 unspecified atom stereocenters. The van der Waals surface area contributed by atoms with E-state index in [9.17, 15) is 17.6 Å². The summed E-state index contributed by atoms with van der Waals surface area (Å²) in [4.78, 5) is 12.8. The van der Waals surface area contributed by atoms with Crippen molar-refractivity contribution < 1.29 is 17.6 Å². The molecule has 1 N–H and O–H groups in total. The smallest absolute Gasteiger partial charge is 0.264 e. The lowest BCUT2D eigenvalue weighted by atomic mass is 10.1. The lowest BCUT2D eigenvalue weighted by Crippen LogP contribution is -2.38. The summed E-state index contributed by atoms with van der Waals surface area (Å²) >= 11 is 0. The fourth-order valence-electron chi connectivity index (χ4n) is 3.11. The van der Waals surface area contributed by atoms with Gasteiger partial charge >= 0.3 is 0 Å². The Morgan fingerprint density at radius 2 is 1.43 bits per heavy atom. The van der Waals surface area contributed by atoms with Crippen molar-refractivity contribution in [3.8, 4) is 0 Å². The highest BCUT2D eigenvalue weighted by Gasteiger charge is 2.27. The number of hydrogen-bond donors (Lipinski definition) is 1. The van der Waals surface area contributed by atoms with Gasteiger partial charge in [0.1, 0.15) is 12.4 Å². The number of rotatable bonds is 6. The molecule has 1 amide bonds. The second-order valence-corrected chi connectivity index (χ2v) is 9.09. The molecule has 3 aromatic rings. The Balaban J connectivity index is 1.97. The van der Waals surface area contributed by atoms with Gasteiger partial charge in [0.15, 0.2) is 0 Å². The molecule has 0 spiro atoms. The quantitative estimate of drug-likeness (QED) is 0.627. The van der Waals surface area contributed by atoms with Gasteiger partial charge in [0, 0.05) is 5.69 Å². The molecule has 156 valence electrons. The summed E-state index contributed by atoms with van der Waals surface area (Å²) in [6.07, 6.45) is 0. The summed E-state index contributed by atoms with van der Waals surface area (Å²) < 4.78 is 41.0.